The maximum atomic E-state index is 13.2. The van der Waals surface area contributed by atoms with Gasteiger partial charge in [0.1, 0.15) is 17.3 Å². The van der Waals surface area contributed by atoms with E-state index in [0.29, 0.717) is 16.3 Å². The molecular formula is C21H24ClNO7S. The van der Waals surface area contributed by atoms with Gasteiger partial charge in [0.15, 0.2) is 11.5 Å². The number of rotatable bonds is 10. The van der Waals surface area contributed by atoms with Crippen LogP contribution in [0.25, 0.3) is 6.08 Å². The molecule has 0 saturated carbocycles. The molecule has 0 fully saturated rings. The summed E-state index contributed by atoms with van der Waals surface area (Å²) in [6.45, 7) is 0.206. The van der Waals surface area contributed by atoms with Crippen molar-refractivity contribution in [3.8, 4) is 17.2 Å². The number of methoxy groups -OCH3 is 3. The lowest BCUT2D eigenvalue weighted by Gasteiger charge is -2.20. The second-order valence-corrected chi connectivity index (χ2v) is 8.69. The number of nitrogens with zero attached hydrogens (tertiary/aromatic N) is 1. The summed E-state index contributed by atoms with van der Waals surface area (Å²) < 4.78 is 48.3. The SMILES string of the molecule is COC(=O)/C=C/c1cc(OC)c(OC)c(S(=O)(=O)N(C)CCOc2ccc(Cl)cc2)c1. The number of esters is 1. The fourth-order valence-corrected chi connectivity index (χ4v) is 4.06. The largest absolute Gasteiger partial charge is 0.493 e. The van der Waals surface area contributed by atoms with Gasteiger partial charge in [-0.15, -0.1) is 0 Å². The van der Waals surface area contributed by atoms with Crippen LogP contribution in [-0.4, -0.2) is 60.2 Å². The van der Waals surface area contributed by atoms with Crippen LogP contribution in [0.5, 0.6) is 17.2 Å². The fourth-order valence-electron chi connectivity index (χ4n) is 2.58. The first-order chi connectivity index (χ1) is 14.7. The highest BCUT2D eigenvalue weighted by molar-refractivity contribution is 7.89. The van der Waals surface area contributed by atoms with E-state index in [2.05, 4.69) is 4.74 Å². The van der Waals surface area contributed by atoms with E-state index in [0.717, 1.165) is 4.31 Å². The van der Waals surface area contributed by atoms with Crippen molar-refractivity contribution in [3.63, 3.8) is 0 Å². The summed E-state index contributed by atoms with van der Waals surface area (Å²) >= 11 is 5.84. The number of carbonyl (C=O) groups is 1. The number of likely N-dealkylation sites (N-methyl/N-ethyl adjacent to an activating group) is 1. The third-order valence-corrected chi connectivity index (χ3v) is 6.37. The molecule has 2 rings (SSSR count). The lowest BCUT2D eigenvalue weighted by molar-refractivity contribution is -0.134. The molecule has 2 aromatic rings. The fraction of sp³-hybridized carbons (Fsp3) is 0.286. The number of ether oxygens (including phenoxy) is 4. The Morgan fingerprint density at radius 2 is 1.77 bits per heavy atom. The number of hydrogen-bond donors (Lipinski definition) is 0. The van der Waals surface area contributed by atoms with E-state index >= 15 is 0 Å². The molecule has 0 atom stereocenters. The molecule has 10 heteroatoms. The summed E-state index contributed by atoms with van der Waals surface area (Å²) in [5.74, 6) is 0.266. The zero-order valence-corrected chi connectivity index (χ0v) is 19.2. The van der Waals surface area contributed by atoms with E-state index in [1.807, 2.05) is 0 Å². The minimum atomic E-state index is -3.96. The highest BCUT2D eigenvalue weighted by Gasteiger charge is 2.27. The number of hydrogen-bond acceptors (Lipinski definition) is 7. The number of sulfonamides is 1. The molecule has 0 unspecified atom stereocenters. The van der Waals surface area contributed by atoms with Crippen LogP contribution in [0.1, 0.15) is 5.56 Å². The van der Waals surface area contributed by atoms with Crippen molar-refractivity contribution in [2.24, 2.45) is 0 Å². The van der Waals surface area contributed by atoms with Crippen LogP contribution >= 0.6 is 11.6 Å². The predicted molar refractivity (Wildman–Crippen MR) is 117 cm³/mol. The average molecular weight is 470 g/mol. The monoisotopic (exact) mass is 469 g/mol. The van der Waals surface area contributed by atoms with Gasteiger partial charge in [0, 0.05) is 24.7 Å². The van der Waals surface area contributed by atoms with Gasteiger partial charge in [-0.25, -0.2) is 13.2 Å². The van der Waals surface area contributed by atoms with Gasteiger partial charge in [-0.1, -0.05) is 11.6 Å². The topological polar surface area (TPSA) is 91.4 Å². The lowest BCUT2D eigenvalue weighted by atomic mass is 10.2. The summed E-state index contributed by atoms with van der Waals surface area (Å²) in [5, 5.41) is 0.578. The van der Waals surface area contributed by atoms with Crippen LogP contribution in [0, 0.1) is 0 Å². The van der Waals surface area contributed by atoms with Crippen molar-refractivity contribution in [2.45, 2.75) is 4.90 Å². The summed E-state index contributed by atoms with van der Waals surface area (Å²) in [7, 11) is 1.46. The molecule has 2 aromatic carbocycles. The Kier molecular flexibility index (Phi) is 8.73. The predicted octanol–water partition coefficient (Wildman–Crippen LogP) is 3.24. The third-order valence-electron chi connectivity index (χ3n) is 4.26. The zero-order valence-electron chi connectivity index (χ0n) is 17.6. The maximum absolute atomic E-state index is 13.2. The molecule has 0 radical (unpaired) electrons. The van der Waals surface area contributed by atoms with Gasteiger partial charge >= 0.3 is 5.97 Å². The van der Waals surface area contributed by atoms with Gasteiger partial charge in [-0.3, -0.25) is 0 Å². The van der Waals surface area contributed by atoms with Crippen molar-refractivity contribution in [2.75, 3.05) is 41.5 Å². The number of carbonyl (C=O) groups excluding carboxylic acids is 1. The highest BCUT2D eigenvalue weighted by Crippen LogP contribution is 2.37. The van der Waals surface area contributed by atoms with Crippen LogP contribution < -0.4 is 14.2 Å². The van der Waals surface area contributed by atoms with Gasteiger partial charge in [-0.05, 0) is 48.0 Å². The molecule has 0 amide bonds. The molecule has 168 valence electrons. The first-order valence-corrected chi connectivity index (χ1v) is 10.9. The molecule has 0 spiro atoms. The first kappa shape index (κ1) is 24.5. The van der Waals surface area contributed by atoms with E-state index in [1.165, 1.54) is 46.6 Å². The van der Waals surface area contributed by atoms with Crippen LogP contribution in [0.3, 0.4) is 0 Å². The van der Waals surface area contributed by atoms with E-state index in [-0.39, 0.29) is 29.5 Å². The summed E-state index contributed by atoms with van der Waals surface area (Å²) in [4.78, 5) is 11.3. The van der Waals surface area contributed by atoms with E-state index < -0.39 is 16.0 Å². The van der Waals surface area contributed by atoms with Gasteiger partial charge < -0.3 is 18.9 Å². The standard InChI is InChI=1S/C21H24ClNO7S/c1-23(11-12-30-17-8-6-16(22)7-9-17)31(25,26)19-14-15(5-10-20(24)28-3)13-18(27-2)21(19)29-4/h5-10,13-14H,11-12H2,1-4H3/b10-5+. The van der Waals surface area contributed by atoms with Crippen molar-refractivity contribution in [1.29, 1.82) is 0 Å². The van der Waals surface area contributed by atoms with Crippen LogP contribution in [0.15, 0.2) is 47.4 Å². The molecule has 0 aliphatic heterocycles. The lowest BCUT2D eigenvalue weighted by Crippen LogP contribution is -2.31. The second-order valence-electron chi connectivity index (χ2n) is 6.24. The maximum Gasteiger partial charge on any atom is 0.330 e. The van der Waals surface area contributed by atoms with Gasteiger partial charge in [0.05, 0.1) is 21.3 Å². The Morgan fingerprint density at radius 1 is 1.10 bits per heavy atom. The highest BCUT2D eigenvalue weighted by atomic mass is 35.5. The molecule has 0 N–H and O–H groups in total. The average Bonchev–Trinajstić information content (AvgIpc) is 2.77. The Morgan fingerprint density at radius 3 is 2.35 bits per heavy atom. The van der Waals surface area contributed by atoms with E-state index in [9.17, 15) is 13.2 Å². The molecule has 0 aliphatic rings. The second kappa shape index (κ2) is 11.0. The zero-order chi connectivity index (χ0) is 23.0. The quantitative estimate of drug-likeness (QED) is 0.389. The van der Waals surface area contributed by atoms with Crippen molar-refractivity contribution in [3.05, 3.63) is 53.1 Å². The van der Waals surface area contributed by atoms with Gasteiger partial charge in [0.25, 0.3) is 0 Å². The smallest absolute Gasteiger partial charge is 0.330 e. The number of benzene rings is 2. The number of halogens is 1. The molecule has 0 aliphatic carbocycles. The summed E-state index contributed by atoms with van der Waals surface area (Å²) in [6, 6.07) is 9.71. The van der Waals surface area contributed by atoms with Crippen LogP contribution in [0.2, 0.25) is 5.02 Å². The van der Waals surface area contributed by atoms with Crippen molar-refractivity contribution < 1.29 is 32.2 Å². The molecule has 0 bridgehead atoms. The molecule has 0 aromatic heterocycles. The molecular weight excluding hydrogens is 446 g/mol. The van der Waals surface area contributed by atoms with Crippen LogP contribution in [-0.2, 0) is 19.6 Å². The van der Waals surface area contributed by atoms with Gasteiger partial charge in [0.2, 0.25) is 10.0 Å². The Hall–Kier alpha value is -2.75. The normalized spacial score (nSPS) is 11.5. The van der Waals surface area contributed by atoms with Crippen LogP contribution in [0.4, 0.5) is 0 Å². The Bertz CT molecular complexity index is 1040. The minimum Gasteiger partial charge on any atom is -0.493 e. The Labute approximate surface area is 187 Å². The van der Waals surface area contributed by atoms with E-state index in [1.54, 1.807) is 30.3 Å². The van der Waals surface area contributed by atoms with Crippen molar-refractivity contribution in [1.82, 2.24) is 4.31 Å². The molecule has 0 saturated heterocycles. The van der Waals surface area contributed by atoms with Gasteiger partial charge in [-0.2, -0.15) is 4.31 Å². The molecule has 31 heavy (non-hydrogen) atoms. The minimum absolute atomic E-state index is 0.0585. The Balaban J connectivity index is 2.28. The molecule has 8 nitrogen and oxygen atoms in total. The first-order valence-electron chi connectivity index (χ1n) is 9.09. The van der Waals surface area contributed by atoms with Crippen molar-refractivity contribution >= 4 is 33.7 Å². The van der Waals surface area contributed by atoms with E-state index in [4.69, 9.17) is 25.8 Å². The molecule has 0 heterocycles. The third kappa shape index (κ3) is 6.36. The summed E-state index contributed by atoms with van der Waals surface area (Å²) in [6.07, 6.45) is 2.61. The summed E-state index contributed by atoms with van der Waals surface area (Å²) in [5.41, 5.74) is 0.424.